The Kier molecular flexibility index (Phi) is 3.93. The molecule has 0 N–H and O–H groups in total. The van der Waals surface area contributed by atoms with Gasteiger partial charge in [-0.3, -0.25) is 0 Å². The maximum Gasteiger partial charge on any atom is 0.127 e. The summed E-state index contributed by atoms with van der Waals surface area (Å²) in [4.78, 5) is 4.67. The summed E-state index contributed by atoms with van der Waals surface area (Å²) >= 11 is 12.4. The Labute approximate surface area is 128 Å². The van der Waals surface area contributed by atoms with Gasteiger partial charge in [0.2, 0.25) is 0 Å². The molecule has 0 spiro atoms. The van der Waals surface area contributed by atoms with Gasteiger partial charge in [0.15, 0.2) is 0 Å². The van der Waals surface area contributed by atoms with Crippen LogP contribution in [0.2, 0.25) is 5.02 Å². The average molecular weight is 313 g/mol. The number of aromatic nitrogens is 2. The van der Waals surface area contributed by atoms with Gasteiger partial charge in [-0.05, 0) is 38.5 Å². The molecule has 0 bridgehead atoms. The molecular formula is C15H18Cl2N2O. The molecule has 5 heteroatoms. The Bertz CT molecular complexity index is 618. The standard InChI is InChI=1S/C15H18Cl2N2O/c1-9(16)15-18-13-7-12(17)3-4-14(13)19(15)10(2)11-5-6-20-8-11/h3-4,7,9-11H,5-6,8H2,1-2H3. The topological polar surface area (TPSA) is 27.1 Å². The Hall–Kier alpha value is -0.770. The zero-order valence-electron chi connectivity index (χ0n) is 11.6. The van der Waals surface area contributed by atoms with Crippen molar-refractivity contribution in [1.82, 2.24) is 9.55 Å². The fourth-order valence-electron chi connectivity index (χ4n) is 2.94. The normalized spacial score (nSPS) is 22.3. The van der Waals surface area contributed by atoms with Crippen LogP contribution in [0.3, 0.4) is 0 Å². The molecule has 1 saturated heterocycles. The van der Waals surface area contributed by atoms with Crippen molar-refractivity contribution in [2.75, 3.05) is 13.2 Å². The van der Waals surface area contributed by atoms with Crippen LogP contribution in [-0.4, -0.2) is 22.8 Å². The maximum atomic E-state index is 6.32. The first kappa shape index (κ1) is 14.2. The van der Waals surface area contributed by atoms with E-state index < -0.39 is 0 Å². The minimum absolute atomic E-state index is 0.133. The lowest BCUT2D eigenvalue weighted by atomic mass is 10.00. The molecule has 1 aromatic heterocycles. The van der Waals surface area contributed by atoms with E-state index in [9.17, 15) is 0 Å². The summed E-state index contributed by atoms with van der Waals surface area (Å²) in [5.41, 5.74) is 2.00. The molecular weight excluding hydrogens is 295 g/mol. The van der Waals surface area contributed by atoms with E-state index in [0.29, 0.717) is 17.0 Å². The third-order valence-electron chi connectivity index (χ3n) is 4.09. The number of nitrogens with zero attached hydrogens (tertiary/aromatic N) is 2. The van der Waals surface area contributed by atoms with Crippen molar-refractivity contribution in [2.24, 2.45) is 5.92 Å². The van der Waals surface area contributed by atoms with Gasteiger partial charge >= 0.3 is 0 Å². The molecule has 0 amide bonds. The summed E-state index contributed by atoms with van der Waals surface area (Å²) in [5.74, 6) is 1.42. The van der Waals surface area contributed by atoms with Gasteiger partial charge in [0.1, 0.15) is 5.82 Å². The molecule has 1 aliphatic rings. The van der Waals surface area contributed by atoms with Gasteiger partial charge in [-0.15, -0.1) is 11.6 Å². The SMILES string of the molecule is CC(Cl)c1nc2cc(Cl)ccc2n1C(C)C1CCOC1. The number of rotatable bonds is 3. The number of fused-ring (bicyclic) bond motifs is 1. The molecule has 1 fully saturated rings. The highest BCUT2D eigenvalue weighted by molar-refractivity contribution is 6.31. The molecule has 3 rings (SSSR count). The first-order valence-electron chi connectivity index (χ1n) is 6.97. The molecule has 2 aromatic rings. The summed E-state index contributed by atoms with van der Waals surface area (Å²) in [6, 6.07) is 6.15. The highest BCUT2D eigenvalue weighted by atomic mass is 35.5. The van der Waals surface area contributed by atoms with Gasteiger partial charge in [-0.1, -0.05) is 11.6 Å². The molecule has 2 heterocycles. The Balaban J connectivity index is 2.13. The van der Waals surface area contributed by atoms with Gasteiger partial charge in [-0.2, -0.15) is 0 Å². The molecule has 1 aliphatic heterocycles. The van der Waals surface area contributed by atoms with Crippen molar-refractivity contribution in [2.45, 2.75) is 31.7 Å². The predicted octanol–water partition coefficient (Wildman–Crippen LogP) is 4.59. The van der Waals surface area contributed by atoms with E-state index in [-0.39, 0.29) is 5.38 Å². The third-order valence-corrected chi connectivity index (χ3v) is 4.52. The number of ether oxygens (including phenoxy) is 1. The van der Waals surface area contributed by atoms with Crippen molar-refractivity contribution in [3.63, 3.8) is 0 Å². The van der Waals surface area contributed by atoms with Gasteiger partial charge in [0.25, 0.3) is 0 Å². The first-order chi connectivity index (χ1) is 9.58. The van der Waals surface area contributed by atoms with E-state index in [2.05, 4.69) is 16.5 Å². The monoisotopic (exact) mass is 312 g/mol. The van der Waals surface area contributed by atoms with Crippen molar-refractivity contribution < 1.29 is 4.74 Å². The highest BCUT2D eigenvalue weighted by Crippen LogP contribution is 2.34. The van der Waals surface area contributed by atoms with Crippen LogP contribution >= 0.6 is 23.2 Å². The summed E-state index contributed by atoms with van der Waals surface area (Å²) in [6.45, 7) is 5.83. The Morgan fingerprint density at radius 1 is 1.40 bits per heavy atom. The molecule has 0 saturated carbocycles. The van der Waals surface area contributed by atoms with Crippen molar-refractivity contribution >= 4 is 34.2 Å². The van der Waals surface area contributed by atoms with Crippen molar-refractivity contribution in [3.05, 3.63) is 29.0 Å². The van der Waals surface area contributed by atoms with Crippen LogP contribution in [-0.2, 0) is 4.74 Å². The molecule has 20 heavy (non-hydrogen) atoms. The van der Waals surface area contributed by atoms with Crippen LogP contribution in [0.25, 0.3) is 11.0 Å². The molecule has 3 nitrogen and oxygen atoms in total. The van der Waals surface area contributed by atoms with E-state index in [1.165, 1.54) is 0 Å². The van der Waals surface area contributed by atoms with Crippen LogP contribution in [0.5, 0.6) is 0 Å². The molecule has 3 atom stereocenters. The fraction of sp³-hybridized carbons (Fsp3) is 0.533. The predicted molar refractivity (Wildman–Crippen MR) is 82.6 cm³/mol. The molecule has 108 valence electrons. The van der Waals surface area contributed by atoms with Crippen LogP contribution < -0.4 is 0 Å². The summed E-state index contributed by atoms with van der Waals surface area (Å²) in [6.07, 6.45) is 1.09. The van der Waals surface area contributed by atoms with Crippen molar-refractivity contribution in [1.29, 1.82) is 0 Å². The van der Waals surface area contributed by atoms with Crippen molar-refractivity contribution in [3.8, 4) is 0 Å². The summed E-state index contributed by atoms with van der Waals surface area (Å²) in [5, 5.41) is 0.568. The lowest BCUT2D eigenvalue weighted by Crippen LogP contribution is -2.19. The molecule has 0 aliphatic carbocycles. The second kappa shape index (κ2) is 5.55. The van der Waals surface area contributed by atoms with Gasteiger partial charge in [0, 0.05) is 23.6 Å². The van der Waals surface area contributed by atoms with Crippen LogP contribution in [0.4, 0.5) is 0 Å². The van der Waals surface area contributed by atoms with E-state index in [1.807, 2.05) is 25.1 Å². The van der Waals surface area contributed by atoms with E-state index in [0.717, 1.165) is 36.5 Å². The minimum Gasteiger partial charge on any atom is -0.381 e. The average Bonchev–Trinajstić information content (AvgIpc) is 3.04. The second-order valence-electron chi connectivity index (χ2n) is 5.45. The van der Waals surface area contributed by atoms with E-state index >= 15 is 0 Å². The number of alkyl halides is 1. The molecule has 3 unspecified atom stereocenters. The second-order valence-corrected chi connectivity index (χ2v) is 6.54. The molecule has 0 radical (unpaired) electrons. The summed E-state index contributed by atoms with van der Waals surface area (Å²) in [7, 11) is 0. The van der Waals surface area contributed by atoms with E-state index in [1.54, 1.807) is 0 Å². The highest BCUT2D eigenvalue weighted by Gasteiger charge is 2.27. The molecule has 1 aromatic carbocycles. The lowest BCUT2D eigenvalue weighted by molar-refractivity contribution is 0.175. The maximum absolute atomic E-state index is 6.32. The number of halogens is 2. The van der Waals surface area contributed by atoms with Crippen LogP contribution in [0, 0.1) is 5.92 Å². The fourth-order valence-corrected chi connectivity index (χ4v) is 3.26. The number of imidazole rings is 1. The van der Waals surface area contributed by atoms with Gasteiger partial charge < -0.3 is 9.30 Å². The number of hydrogen-bond donors (Lipinski definition) is 0. The Morgan fingerprint density at radius 3 is 2.85 bits per heavy atom. The lowest BCUT2D eigenvalue weighted by Gasteiger charge is -2.23. The largest absolute Gasteiger partial charge is 0.381 e. The summed E-state index contributed by atoms with van der Waals surface area (Å²) < 4.78 is 7.77. The smallest absolute Gasteiger partial charge is 0.127 e. The van der Waals surface area contributed by atoms with Gasteiger partial charge in [-0.25, -0.2) is 4.98 Å². The minimum atomic E-state index is -0.133. The van der Waals surface area contributed by atoms with E-state index in [4.69, 9.17) is 27.9 Å². The van der Waals surface area contributed by atoms with Crippen LogP contribution in [0.1, 0.15) is 37.5 Å². The number of hydrogen-bond acceptors (Lipinski definition) is 2. The third kappa shape index (κ3) is 2.43. The zero-order chi connectivity index (χ0) is 14.3. The number of benzene rings is 1. The van der Waals surface area contributed by atoms with Crippen LogP contribution in [0.15, 0.2) is 18.2 Å². The first-order valence-corrected chi connectivity index (χ1v) is 7.78. The quantitative estimate of drug-likeness (QED) is 0.775. The zero-order valence-corrected chi connectivity index (χ0v) is 13.2. The Morgan fingerprint density at radius 2 is 2.20 bits per heavy atom. The van der Waals surface area contributed by atoms with Gasteiger partial charge in [0.05, 0.1) is 23.0 Å².